The minimum absolute atomic E-state index is 0.00747. The number of hydrogen-bond donors (Lipinski definition) is 2. The van der Waals surface area contributed by atoms with Crippen molar-refractivity contribution >= 4 is 11.9 Å². The average molecular weight is 436 g/mol. The molecule has 172 valence electrons. The van der Waals surface area contributed by atoms with Crippen molar-refractivity contribution in [2.45, 2.75) is 38.3 Å². The van der Waals surface area contributed by atoms with E-state index in [0.29, 0.717) is 6.04 Å². The lowest BCUT2D eigenvalue weighted by Gasteiger charge is -2.33. The van der Waals surface area contributed by atoms with Crippen LogP contribution in [0.25, 0.3) is 0 Å². The number of piperidine rings is 1. The Labute approximate surface area is 192 Å². The smallest absolute Gasteiger partial charge is 0.243 e. The largest absolute Gasteiger partial charge is 0.356 e. The number of rotatable bonds is 9. The van der Waals surface area contributed by atoms with E-state index in [2.05, 4.69) is 75.1 Å². The summed E-state index contributed by atoms with van der Waals surface area (Å²) in [4.78, 5) is 20.7. The molecule has 32 heavy (non-hydrogen) atoms. The second-order valence-corrected chi connectivity index (χ2v) is 8.65. The van der Waals surface area contributed by atoms with E-state index >= 15 is 0 Å². The van der Waals surface area contributed by atoms with Crippen LogP contribution in [0.15, 0.2) is 65.7 Å². The molecule has 3 rings (SSSR count). The zero-order chi connectivity index (χ0) is 22.6. The number of carbonyl (C=O) groups excluding carboxylic acids is 1. The molecule has 0 bridgehead atoms. The first-order chi connectivity index (χ1) is 15.6. The SMILES string of the molecule is CN(C)C(=O)CN=C(NCCCc1ccccc1)NC1CCN(Cc2ccccc2)CC1. The molecule has 2 aromatic carbocycles. The number of amides is 1. The van der Waals surface area contributed by atoms with E-state index in [1.54, 1.807) is 19.0 Å². The Balaban J connectivity index is 1.47. The van der Waals surface area contributed by atoms with Crippen LogP contribution >= 0.6 is 0 Å². The summed E-state index contributed by atoms with van der Waals surface area (Å²) < 4.78 is 0. The van der Waals surface area contributed by atoms with Crippen molar-refractivity contribution in [2.24, 2.45) is 4.99 Å². The van der Waals surface area contributed by atoms with Crippen LogP contribution in [-0.2, 0) is 17.8 Å². The van der Waals surface area contributed by atoms with Crippen LogP contribution in [0.2, 0.25) is 0 Å². The molecule has 0 aliphatic carbocycles. The summed E-state index contributed by atoms with van der Waals surface area (Å²) in [5, 5.41) is 7.01. The van der Waals surface area contributed by atoms with Crippen molar-refractivity contribution in [3.8, 4) is 0 Å². The van der Waals surface area contributed by atoms with Gasteiger partial charge in [0, 0.05) is 46.3 Å². The van der Waals surface area contributed by atoms with Gasteiger partial charge in [-0.2, -0.15) is 0 Å². The molecule has 1 saturated heterocycles. The van der Waals surface area contributed by atoms with Gasteiger partial charge in [0.05, 0.1) is 0 Å². The highest BCUT2D eigenvalue weighted by molar-refractivity contribution is 5.84. The van der Waals surface area contributed by atoms with Crippen molar-refractivity contribution in [3.63, 3.8) is 0 Å². The summed E-state index contributed by atoms with van der Waals surface area (Å²) in [5.41, 5.74) is 2.71. The highest BCUT2D eigenvalue weighted by atomic mass is 16.2. The van der Waals surface area contributed by atoms with Crippen LogP contribution in [-0.4, -0.2) is 68.0 Å². The number of guanidine groups is 1. The van der Waals surface area contributed by atoms with Gasteiger partial charge in [0.15, 0.2) is 5.96 Å². The van der Waals surface area contributed by atoms with E-state index < -0.39 is 0 Å². The highest BCUT2D eigenvalue weighted by Crippen LogP contribution is 2.14. The maximum atomic E-state index is 12.0. The lowest BCUT2D eigenvalue weighted by molar-refractivity contribution is -0.127. The number of likely N-dealkylation sites (N-methyl/N-ethyl adjacent to an activating group) is 1. The second kappa shape index (κ2) is 12.9. The van der Waals surface area contributed by atoms with Gasteiger partial charge in [-0.15, -0.1) is 0 Å². The number of benzene rings is 2. The molecule has 0 spiro atoms. The zero-order valence-electron chi connectivity index (χ0n) is 19.5. The van der Waals surface area contributed by atoms with Crippen LogP contribution in [0, 0.1) is 0 Å². The summed E-state index contributed by atoms with van der Waals surface area (Å²) >= 11 is 0. The number of nitrogens with one attached hydrogen (secondary N) is 2. The van der Waals surface area contributed by atoms with Crippen LogP contribution in [0.3, 0.4) is 0 Å². The molecule has 6 heteroatoms. The molecule has 2 N–H and O–H groups in total. The fourth-order valence-electron chi connectivity index (χ4n) is 3.86. The van der Waals surface area contributed by atoms with Gasteiger partial charge in [0.25, 0.3) is 0 Å². The number of carbonyl (C=O) groups is 1. The molecule has 1 heterocycles. The number of nitrogens with zero attached hydrogens (tertiary/aromatic N) is 3. The molecule has 1 aliphatic rings. The number of aliphatic imine (C=N–C) groups is 1. The van der Waals surface area contributed by atoms with Gasteiger partial charge in [-0.3, -0.25) is 9.69 Å². The molecule has 1 aliphatic heterocycles. The van der Waals surface area contributed by atoms with E-state index in [-0.39, 0.29) is 12.5 Å². The Morgan fingerprint density at radius 1 is 1.00 bits per heavy atom. The summed E-state index contributed by atoms with van der Waals surface area (Å²) in [6.45, 7) is 4.11. The molecule has 0 aromatic heterocycles. The molecular weight excluding hydrogens is 398 g/mol. The number of hydrogen-bond acceptors (Lipinski definition) is 3. The molecule has 0 saturated carbocycles. The van der Waals surface area contributed by atoms with Crippen molar-refractivity contribution in [1.29, 1.82) is 0 Å². The van der Waals surface area contributed by atoms with Gasteiger partial charge >= 0.3 is 0 Å². The minimum atomic E-state index is 0.00747. The first-order valence-corrected chi connectivity index (χ1v) is 11.7. The van der Waals surface area contributed by atoms with E-state index in [0.717, 1.165) is 57.8 Å². The van der Waals surface area contributed by atoms with E-state index in [1.165, 1.54) is 11.1 Å². The number of likely N-dealkylation sites (tertiary alicyclic amines) is 1. The van der Waals surface area contributed by atoms with Gasteiger partial charge in [-0.1, -0.05) is 60.7 Å². The standard InChI is InChI=1S/C26H37N5O/c1-30(2)25(32)20-28-26(27-17-9-14-22-10-5-3-6-11-22)29-24-15-18-31(19-16-24)21-23-12-7-4-8-13-23/h3-8,10-13,24H,9,14-21H2,1-2H3,(H2,27,28,29). The van der Waals surface area contributed by atoms with Crippen molar-refractivity contribution in [1.82, 2.24) is 20.4 Å². The predicted octanol–water partition coefficient (Wildman–Crippen LogP) is 2.91. The molecular formula is C26H37N5O. The van der Waals surface area contributed by atoms with E-state index in [1.807, 2.05) is 6.07 Å². The quantitative estimate of drug-likeness (QED) is 0.361. The minimum Gasteiger partial charge on any atom is -0.356 e. The summed E-state index contributed by atoms with van der Waals surface area (Å²) in [5.74, 6) is 0.753. The van der Waals surface area contributed by atoms with Crippen LogP contribution < -0.4 is 10.6 Å². The van der Waals surface area contributed by atoms with Crippen LogP contribution in [0.4, 0.5) is 0 Å². The highest BCUT2D eigenvalue weighted by Gasteiger charge is 2.20. The van der Waals surface area contributed by atoms with Crippen molar-refractivity contribution in [2.75, 3.05) is 40.3 Å². The van der Waals surface area contributed by atoms with Gasteiger partial charge in [0.1, 0.15) is 6.54 Å². The first kappa shape index (κ1) is 23.8. The normalized spacial score (nSPS) is 15.4. The van der Waals surface area contributed by atoms with E-state index in [9.17, 15) is 4.79 Å². The zero-order valence-corrected chi connectivity index (χ0v) is 19.5. The Bertz CT molecular complexity index is 830. The van der Waals surface area contributed by atoms with Gasteiger partial charge in [-0.05, 0) is 36.8 Å². The molecule has 6 nitrogen and oxygen atoms in total. The third-order valence-corrected chi connectivity index (χ3v) is 5.83. The Morgan fingerprint density at radius 3 is 2.25 bits per heavy atom. The molecule has 1 amide bonds. The fraction of sp³-hybridized carbons (Fsp3) is 0.462. The first-order valence-electron chi connectivity index (χ1n) is 11.7. The second-order valence-electron chi connectivity index (χ2n) is 8.65. The van der Waals surface area contributed by atoms with Crippen molar-refractivity contribution in [3.05, 3.63) is 71.8 Å². The third-order valence-electron chi connectivity index (χ3n) is 5.83. The monoisotopic (exact) mass is 435 g/mol. The lowest BCUT2D eigenvalue weighted by Crippen LogP contribution is -2.49. The fourth-order valence-corrected chi connectivity index (χ4v) is 3.86. The summed E-state index contributed by atoms with van der Waals surface area (Å²) in [6, 6.07) is 21.5. The third kappa shape index (κ3) is 8.35. The molecule has 0 radical (unpaired) electrons. The molecule has 1 fully saturated rings. The van der Waals surface area contributed by atoms with Gasteiger partial charge in [-0.25, -0.2) is 4.99 Å². The summed E-state index contributed by atoms with van der Waals surface area (Å²) in [7, 11) is 3.53. The van der Waals surface area contributed by atoms with Crippen LogP contribution in [0.1, 0.15) is 30.4 Å². The molecule has 2 aromatic rings. The van der Waals surface area contributed by atoms with E-state index in [4.69, 9.17) is 0 Å². The molecule has 0 atom stereocenters. The van der Waals surface area contributed by atoms with Crippen LogP contribution in [0.5, 0.6) is 0 Å². The average Bonchev–Trinajstić information content (AvgIpc) is 2.82. The van der Waals surface area contributed by atoms with Gasteiger partial charge in [0.2, 0.25) is 5.91 Å². The topological polar surface area (TPSA) is 60.0 Å². The summed E-state index contributed by atoms with van der Waals surface area (Å²) in [6.07, 6.45) is 4.18. The van der Waals surface area contributed by atoms with Gasteiger partial charge < -0.3 is 15.5 Å². The molecule has 0 unspecified atom stereocenters. The van der Waals surface area contributed by atoms with Crippen molar-refractivity contribution < 1.29 is 4.79 Å². The predicted molar refractivity (Wildman–Crippen MR) is 132 cm³/mol. The number of aryl methyl sites for hydroxylation is 1. The maximum absolute atomic E-state index is 12.0. The lowest BCUT2D eigenvalue weighted by atomic mass is 10.0. The maximum Gasteiger partial charge on any atom is 0.243 e. The Morgan fingerprint density at radius 2 is 1.62 bits per heavy atom. The Hall–Kier alpha value is -2.86. The Kier molecular flexibility index (Phi) is 9.57.